The van der Waals surface area contributed by atoms with Crippen LogP contribution in [0.4, 0.5) is 4.39 Å². The number of pyridine rings is 1. The SMILES string of the molecule is NC1CCC(c2[nH]nc(-c3ccc4ncccc4c3)c2F)CC1. The number of benzene rings is 1. The highest BCUT2D eigenvalue weighted by atomic mass is 19.1. The number of halogens is 1. The highest BCUT2D eigenvalue weighted by molar-refractivity contribution is 5.83. The second-order valence-electron chi connectivity index (χ2n) is 6.32. The molecule has 3 aromatic rings. The van der Waals surface area contributed by atoms with Crippen molar-refractivity contribution in [3.8, 4) is 11.3 Å². The first-order valence-corrected chi connectivity index (χ1v) is 8.07. The monoisotopic (exact) mass is 310 g/mol. The van der Waals surface area contributed by atoms with Gasteiger partial charge in [-0.2, -0.15) is 5.10 Å². The zero-order valence-electron chi connectivity index (χ0n) is 12.8. The Kier molecular flexibility index (Phi) is 3.58. The maximum absolute atomic E-state index is 14.9. The lowest BCUT2D eigenvalue weighted by molar-refractivity contribution is 0.382. The first kappa shape index (κ1) is 14.3. The number of aromatic nitrogens is 3. The van der Waals surface area contributed by atoms with E-state index in [0.29, 0.717) is 11.4 Å². The summed E-state index contributed by atoms with van der Waals surface area (Å²) in [5, 5.41) is 8.14. The maximum atomic E-state index is 14.9. The zero-order chi connectivity index (χ0) is 15.8. The van der Waals surface area contributed by atoms with E-state index in [2.05, 4.69) is 15.2 Å². The summed E-state index contributed by atoms with van der Waals surface area (Å²) < 4.78 is 14.9. The normalized spacial score (nSPS) is 21.7. The Balaban J connectivity index is 1.69. The van der Waals surface area contributed by atoms with Gasteiger partial charge in [0, 0.05) is 29.1 Å². The fourth-order valence-corrected chi connectivity index (χ4v) is 3.43. The van der Waals surface area contributed by atoms with Crippen LogP contribution in [0.15, 0.2) is 36.5 Å². The molecule has 1 aromatic carbocycles. The highest BCUT2D eigenvalue weighted by Crippen LogP contribution is 2.35. The van der Waals surface area contributed by atoms with Gasteiger partial charge < -0.3 is 5.73 Å². The Labute approximate surface area is 133 Å². The molecule has 0 bridgehead atoms. The van der Waals surface area contributed by atoms with Gasteiger partial charge in [0.05, 0.1) is 11.2 Å². The molecule has 0 aliphatic heterocycles. The van der Waals surface area contributed by atoms with E-state index in [-0.39, 0.29) is 17.8 Å². The van der Waals surface area contributed by atoms with E-state index in [1.165, 1.54) is 0 Å². The van der Waals surface area contributed by atoms with Crippen LogP contribution in [-0.4, -0.2) is 21.2 Å². The Hall–Kier alpha value is -2.27. The number of rotatable bonds is 2. The summed E-state index contributed by atoms with van der Waals surface area (Å²) in [7, 11) is 0. The molecular formula is C18H19FN4. The molecule has 1 fully saturated rings. The van der Waals surface area contributed by atoms with E-state index >= 15 is 0 Å². The van der Waals surface area contributed by atoms with Crippen LogP contribution >= 0.6 is 0 Å². The number of nitrogens with two attached hydrogens (primary N) is 1. The van der Waals surface area contributed by atoms with Gasteiger partial charge >= 0.3 is 0 Å². The third-order valence-corrected chi connectivity index (χ3v) is 4.79. The summed E-state index contributed by atoms with van der Waals surface area (Å²) in [4.78, 5) is 4.29. The minimum atomic E-state index is -0.228. The lowest BCUT2D eigenvalue weighted by atomic mass is 9.84. The lowest BCUT2D eigenvalue weighted by Crippen LogP contribution is -2.26. The maximum Gasteiger partial charge on any atom is 0.172 e. The molecule has 118 valence electrons. The van der Waals surface area contributed by atoms with Crippen molar-refractivity contribution in [2.75, 3.05) is 0 Å². The molecule has 4 rings (SSSR count). The van der Waals surface area contributed by atoms with Crippen molar-refractivity contribution in [2.24, 2.45) is 5.73 Å². The number of hydrogen-bond donors (Lipinski definition) is 2. The van der Waals surface area contributed by atoms with Gasteiger partial charge in [0.15, 0.2) is 5.82 Å². The molecule has 4 nitrogen and oxygen atoms in total. The summed E-state index contributed by atoms with van der Waals surface area (Å²) in [6.07, 6.45) is 5.48. The van der Waals surface area contributed by atoms with Crippen LogP contribution in [0.25, 0.3) is 22.2 Å². The molecule has 0 unspecified atom stereocenters. The molecule has 23 heavy (non-hydrogen) atoms. The van der Waals surface area contributed by atoms with Gasteiger partial charge in [-0.3, -0.25) is 10.1 Å². The summed E-state index contributed by atoms with van der Waals surface area (Å²) in [6, 6.07) is 9.81. The smallest absolute Gasteiger partial charge is 0.172 e. The number of aromatic amines is 1. The van der Waals surface area contributed by atoms with Crippen LogP contribution in [0.3, 0.4) is 0 Å². The van der Waals surface area contributed by atoms with Crippen molar-refractivity contribution in [1.29, 1.82) is 0 Å². The quantitative estimate of drug-likeness (QED) is 0.757. The number of nitrogens with zero attached hydrogens (tertiary/aromatic N) is 2. The van der Waals surface area contributed by atoms with Crippen molar-refractivity contribution < 1.29 is 4.39 Å². The largest absolute Gasteiger partial charge is 0.328 e. The molecule has 1 aliphatic rings. The van der Waals surface area contributed by atoms with Gasteiger partial charge in [0.25, 0.3) is 0 Å². The number of nitrogens with one attached hydrogen (secondary N) is 1. The van der Waals surface area contributed by atoms with Gasteiger partial charge in [-0.25, -0.2) is 4.39 Å². The minimum Gasteiger partial charge on any atom is -0.328 e. The number of fused-ring (bicyclic) bond motifs is 1. The van der Waals surface area contributed by atoms with Gasteiger partial charge in [0.1, 0.15) is 5.69 Å². The predicted molar refractivity (Wildman–Crippen MR) is 88.5 cm³/mol. The topological polar surface area (TPSA) is 67.6 Å². The van der Waals surface area contributed by atoms with E-state index in [4.69, 9.17) is 5.73 Å². The molecule has 0 saturated heterocycles. The summed E-state index contributed by atoms with van der Waals surface area (Å²) in [5.41, 5.74) is 8.62. The Morgan fingerprint density at radius 2 is 1.96 bits per heavy atom. The predicted octanol–water partition coefficient (Wildman–Crippen LogP) is 3.75. The van der Waals surface area contributed by atoms with Gasteiger partial charge in [0.2, 0.25) is 0 Å². The second kappa shape index (κ2) is 5.74. The molecule has 0 radical (unpaired) electrons. The van der Waals surface area contributed by atoms with Crippen LogP contribution in [-0.2, 0) is 0 Å². The van der Waals surface area contributed by atoms with Gasteiger partial charge in [-0.05, 0) is 43.9 Å². The van der Waals surface area contributed by atoms with E-state index in [1.807, 2.05) is 30.3 Å². The number of H-pyrrole nitrogens is 1. The van der Waals surface area contributed by atoms with E-state index in [1.54, 1.807) is 6.20 Å². The Morgan fingerprint density at radius 3 is 2.78 bits per heavy atom. The molecule has 2 heterocycles. The third kappa shape index (κ3) is 2.61. The average molecular weight is 310 g/mol. The van der Waals surface area contributed by atoms with Crippen molar-refractivity contribution in [1.82, 2.24) is 15.2 Å². The van der Waals surface area contributed by atoms with E-state index < -0.39 is 0 Å². The van der Waals surface area contributed by atoms with Crippen LogP contribution in [0, 0.1) is 5.82 Å². The highest BCUT2D eigenvalue weighted by Gasteiger charge is 2.26. The van der Waals surface area contributed by atoms with E-state index in [9.17, 15) is 4.39 Å². The molecule has 0 spiro atoms. The molecule has 0 atom stereocenters. The van der Waals surface area contributed by atoms with Crippen molar-refractivity contribution in [3.63, 3.8) is 0 Å². The fourth-order valence-electron chi connectivity index (χ4n) is 3.43. The van der Waals surface area contributed by atoms with Gasteiger partial charge in [-0.15, -0.1) is 0 Å². The standard InChI is InChI=1S/C18H19FN4/c19-16-17(11-3-6-14(20)7-4-11)22-23-18(16)13-5-8-15-12(10-13)2-1-9-21-15/h1-2,5,8-11,14H,3-4,6-7,20H2,(H,22,23). The van der Waals surface area contributed by atoms with E-state index in [0.717, 1.165) is 42.1 Å². The molecule has 2 aromatic heterocycles. The molecule has 0 amide bonds. The molecule has 3 N–H and O–H groups in total. The summed E-state index contributed by atoms with van der Waals surface area (Å²) in [5.74, 6) is -0.0353. The van der Waals surface area contributed by atoms with Crippen molar-refractivity contribution >= 4 is 10.9 Å². The molecule has 1 aliphatic carbocycles. The molecular weight excluding hydrogens is 291 g/mol. The first-order valence-electron chi connectivity index (χ1n) is 8.07. The van der Waals surface area contributed by atoms with Crippen molar-refractivity contribution in [2.45, 2.75) is 37.6 Å². The zero-order valence-corrected chi connectivity index (χ0v) is 12.8. The average Bonchev–Trinajstić information content (AvgIpc) is 2.97. The van der Waals surface area contributed by atoms with Crippen molar-refractivity contribution in [3.05, 3.63) is 48.0 Å². The van der Waals surface area contributed by atoms with Crippen LogP contribution < -0.4 is 5.73 Å². The first-order chi connectivity index (χ1) is 11.2. The Bertz CT molecular complexity index is 834. The lowest BCUT2D eigenvalue weighted by Gasteiger charge is -2.24. The van der Waals surface area contributed by atoms with Crippen LogP contribution in [0.2, 0.25) is 0 Å². The minimum absolute atomic E-state index is 0.193. The summed E-state index contributed by atoms with van der Waals surface area (Å²) >= 11 is 0. The second-order valence-corrected chi connectivity index (χ2v) is 6.32. The van der Waals surface area contributed by atoms with Crippen LogP contribution in [0.1, 0.15) is 37.3 Å². The fraction of sp³-hybridized carbons (Fsp3) is 0.333. The Morgan fingerprint density at radius 1 is 1.13 bits per heavy atom. The number of hydrogen-bond acceptors (Lipinski definition) is 3. The molecule has 1 saturated carbocycles. The van der Waals surface area contributed by atoms with Crippen LogP contribution in [0.5, 0.6) is 0 Å². The third-order valence-electron chi connectivity index (χ3n) is 4.79. The molecule has 5 heteroatoms. The summed E-state index contributed by atoms with van der Waals surface area (Å²) in [6.45, 7) is 0. The van der Waals surface area contributed by atoms with Gasteiger partial charge in [-0.1, -0.05) is 12.1 Å².